The van der Waals surface area contributed by atoms with Gasteiger partial charge in [-0.1, -0.05) is 17.3 Å². The number of hydrogen-bond acceptors (Lipinski definition) is 5. The van der Waals surface area contributed by atoms with Crippen LogP contribution in [0.1, 0.15) is 46.4 Å². The number of hydrogen-bond donors (Lipinski definition) is 1. The van der Waals surface area contributed by atoms with Crippen molar-refractivity contribution in [3.8, 4) is 11.5 Å². The highest BCUT2D eigenvalue weighted by molar-refractivity contribution is 6.00. The van der Waals surface area contributed by atoms with Crippen LogP contribution >= 0.6 is 0 Å². The maximum Gasteiger partial charge on any atom is 0.258 e. The van der Waals surface area contributed by atoms with Crippen molar-refractivity contribution in [3.05, 3.63) is 59.3 Å². The van der Waals surface area contributed by atoms with E-state index in [1.807, 2.05) is 24.3 Å². The van der Waals surface area contributed by atoms with Crippen LogP contribution in [0.15, 0.2) is 45.5 Å². The van der Waals surface area contributed by atoms with E-state index in [-0.39, 0.29) is 11.9 Å². The molecule has 6 nitrogen and oxygen atoms in total. The van der Waals surface area contributed by atoms with Crippen LogP contribution in [0.4, 0.5) is 0 Å². The Morgan fingerprint density at radius 1 is 1.29 bits per heavy atom. The number of nitrogens with one attached hydrogen (secondary N) is 1. The molecule has 122 valence electrons. The van der Waals surface area contributed by atoms with E-state index < -0.39 is 0 Å². The van der Waals surface area contributed by atoms with Crippen molar-refractivity contribution in [1.82, 2.24) is 15.5 Å². The van der Waals surface area contributed by atoms with Crippen LogP contribution in [0, 0.1) is 6.92 Å². The van der Waals surface area contributed by atoms with Gasteiger partial charge >= 0.3 is 0 Å². The van der Waals surface area contributed by atoms with Gasteiger partial charge in [-0.05, 0) is 38.0 Å². The smallest absolute Gasteiger partial charge is 0.258 e. The van der Waals surface area contributed by atoms with Gasteiger partial charge in [0.05, 0.1) is 23.4 Å². The monoisotopic (exact) mass is 323 g/mol. The van der Waals surface area contributed by atoms with E-state index in [0.29, 0.717) is 22.8 Å². The maximum atomic E-state index is 12.8. The minimum absolute atomic E-state index is 0.0301. The van der Waals surface area contributed by atoms with E-state index in [4.69, 9.17) is 8.94 Å². The van der Waals surface area contributed by atoms with E-state index in [1.165, 1.54) is 0 Å². The number of aryl methyl sites for hydroxylation is 2. The molecule has 0 spiro atoms. The molecule has 0 aliphatic heterocycles. The van der Waals surface area contributed by atoms with Crippen molar-refractivity contribution < 1.29 is 13.7 Å². The number of carbonyl (C=O) groups is 1. The Bertz CT molecular complexity index is 881. The fourth-order valence-corrected chi connectivity index (χ4v) is 3.15. The van der Waals surface area contributed by atoms with E-state index in [9.17, 15) is 4.79 Å². The summed E-state index contributed by atoms with van der Waals surface area (Å²) in [4.78, 5) is 17.0. The van der Waals surface area contributed by atoms with Crippen molar-refractivity contribution in [1.29, 1.82) is 0 Å². The summed E-state index contributed by atoms with van der Waals surface area (Å²) in [6.07, 6.45) is 4.51. The Balaban J connectivity index is 1.62. The Morgan fingerprint density at radius 2 is 2.17 bits per heavy atom. The van der Waals surface area contributed by atoms with Gasteiger partial charge in [0, 0.05) is 12.0 Å². The van der Waals surface area contributed by atoms with Crippen LogP contribution in [-0.4, -0.2) is 16.0 Å². The first-order valence-electron chi connectivity index (χ1n) is 7.99. The van der Waals surface area contributed by atoms with Gasteiger partial charge in [-0.15, -0.1) is 0 Å². The molecule has 3 aromatic rings. The van der Waals surface area contributed by atoms with Gasteiger partial charge < -0.3 is 14.3 Å². The first-order chi connectivity index (χ1) is 11.7. The van der Waals surface area contributed by atoms with Gasteiger partial charge in [0.15, 0.2) is 5.82 Å². The summed E-state index contributed by atoms with van der Waals surface area (Å²) in [5, 5.41) is 6.91. The minimum Gasteiger partial charge on any atom is -0.469 e. The van der Waals surface area contributed by atoms with Crippen LogP contribution in [0.2, 0.25) is 0 Å². The number of carbonyl (C=O) groups excluding carboxylic acids is 1. The maximum absolute atomic E-state index is 12.8. The average Bonchev–Trinajstić information content (AvgIpc) is 3.24. The zero-order valence-corrected chi connectivity index (χ0v) is 13.3. The SMILES string of the molecule is Cc1noc(-c2ccccc2C(=O)N[C@@H]2CCCc3occc32)n1. The highest BCUT2D eigenvalue weighted by Gasteiger charge is 2.25. The zero-order chi connectivity index (χ0) is 16.5. The Hall–Kier alpha value is -2.89. The second-order valence-electron chi connectivity index (χ2n) is 5.91. The molecular weight excluding hydrogens is 306 g/mol. The van der Waals surface area contributed by atoms with Crippen LogP contribution in [-0.2, 0) is 6.42 Å². The lowest BCUT2D eigenvalue weighted by molar-refractivity contribution is 0.0932. The third-order valence-electron chi connectivity index (χ3n) is 4.29. The Kier molecular flexibility index (Phi) is 3.65. The fraction of sp³-hybridized carbons (Fsp3) is 0.278. The predicted molar refractivity (Wildman–Crippen MR) is 86.3 cm³/mol. The molecule has 1 aliphatic rings. The number of aromatic nitrogens is 2. The molecule has 0 fully saturated rings. The molecule has 0 saturated carbocycles. The molecule has 1 N–H and O–H groups in total. The van der Waals surface area contributed by atoms with Crippen LogP contribution in [0.3, 0.4) is 0 Å². The second kappa shape index (κ2) is 5.96. The summed E-state index contributed by atoms with van der Waals surface area (Å²) in [6, 6.07) is 9.16. The van der Waals surface area contributed by atoms with Crippen molar-refractivity contribution in [3.63, 3.8) is 0 Å². The second-order valence-corrected chi connectivity index (χ2v) is 5.91. The number of rotatable bonds is 3. The van der Waals surface area contributed by atoms with E-state index in [0.717, 1.165) is 30.6 Å². The normalized spacial score (nSPS) is 16.6. The number of fused-ring (bicyclic) bond motifs is 1. The summed E-state index contributed by atoms with van der Waals surface area (Å²) in [6.45, 7) is 1.75. The fourth-order valence-electron chi connectivity index (χ4n) is 3.15. The summed E-state index contributed by atoms with van der Waals surface area (Å²) in [5.74, 6) is 1.70. The summed E-state index contributed by atoms with van der Waals surface area (Å²) < 4.78 is 10.7. The lowest BCUT2D eigenvalue weighted by atomic mass is 9.93. The zero-order valence-electron chi connectivity index (χ0n) is 13.3. The standard InChI is InChI=1S/C18H17N3O3/c1-11-19-18(24-21-11)13-6-3-2-5-12(13)17(22)20-15-7-4-8-16-14(15)9-10-23-16/h2-3,5-6,9-10,15H,4,7-8H2,1H3,(H,20,22)/t15-/m1/s1. The minimum atomic E-state index is -0.152. The molecule has 0 radical (unpaired) electrons. The van der Waals surface area contributed by atoms with Gasteiger partial charge in [-0.2, -0.15) is 4.98 Å². The van der Waals surface area contributed by atoms with Gasteiger partial charge in [-0.3, -0.25) is 4.79 Å². The number of amides is 1. The van der Waals surface area contributed by atoms with E-state index in [1.54, 1.807) is 19.3 Å². The molecule has 1 aromatic carbocycles. The highest BCUT2D eigenvalue weighted by Crippen LogP contribution is 2.31. The first kappa shape index (κ1) is 14.7. The number of nitrogens with zero attached hydrogens (tertiary/aromatic N) is 2. The first-order valence-corrected chi connectivity index (χ1v) is 7.99. The Labute approximate surface area is 138 Å². The van der Waals surface area contributed by atoms with Crippen LogP contribution in [0.25, 0.3) is 11.5 Å². The third kappa shape index (κ3) is 2.60. The number of furan rings is 1. The van der Waals surface area contributed by atoms with Gasteiger partial charge in [0.25, 0.3) is 11.8 Å². The molecule has 1 amide bonds. The lowest BCUT2D eigenvalue weighted by Crippen LogP contribution is -2.30. The average molecular weight is 323 g/mol. The molecule has 1 aliphatic carbocycles. The largest absolute Gasteiger partial charge is 0.469 e. The molecule has 0 saturated heterocycles. The van der Waals surface area contributed by atoms with Crippen LogP contribution < -0.4 is 5.32 Å². The van der Waals surface area contributed by atoms with E-state index in [2.05, 4.69) is 15.5 Å². The van der Waals surface area contributed by atoms with Crippen molar-refractivity contribution in [2.24, 2.45) is 0 Å². The predicted octanol–water partition coefficient (Wildman–Crippen LogP) is 3.45. The van der Waals surface area contributed by atoms with E-state index >= 15 is 0 Å². The van der Waals surface area contributed by atoms with Gasteiger partial charge in [-0.25, -0.2) is 0 Å². The third-order valence-corrected chi connectivity index (χ3v) is 4.29. The molecule has 2 heterocycles. The summed E-state index contributed by atoms with van der Waals surface area (Å²) in [5.41, 5.74) is 2.23. The molecule has 1 atom stereocenters. The molecule has 6 heteroatoms. The van der Waals surface area contributed by atoms with Crippen molar-refractivity contribution >= 4 is 5.91 Å². The molecule has 24 heavy (non-hydrogen) atoms. The quantitative estimate of drug-likeness (QED) is 0.798. The van der Waals surface area contributed by atoms with Gasteiger partial charge in [0.1, 0.15) is 5.76 Å². The van der Waals surface area contributed by atoms with Crippen LogP contribution in [0.5, 0.6) is 0 Å². The molecule has 2 aromatic heterocycles. The summed E-state index contributed by atoms with van der Waals surface area (Å²) >= 11 is 0. The topological polar surface area (TPSA) is 81.2 Å². The Morgan fingerprint density at radius 3 is 3.00 bits per heavy atom. The summed E-state index contributed by atoms with van der Waals surface area (Å²) in [7, 11) is 0. The molecule has 0 bridgehead atoms. The van der Waals surface area contributed by atoms with Crippen molar-refractivity contribution in [2.75, 3.05) is 0 Å². The number of benzene rings is 1. The van der Waals surface area contributed by atoms with Gasteiger partial charge in [0.2, 0.25) is 0 Å². The molecule has 0 unspecified atom stereocenters. The molecule has 4 rings (SSSR count). The molecular formula is C18H17N3O3. The van der Waals surface area contributed by atoms with Crippen molar-refractivity contribution in [2.45, 2.75) is 32.2 Å². The lowest BCUT2D eigenvalue weighted by Gasteiger charge is -2.23. The highest BCUT2D eigenvalue weighted by atomic mass is 16.5.